The number of nitrogens with two attached hydrogens (primary N) is 1. The molecule has 0 atom stereocenters. The molecule has 1 saturated carbocycles. The first-order valence-electron chi connectivity index (χ1n) is 3.90. The van der Waals surface area contributed by atoms with E-state index in [-0.39, 0.29) is 5.75 Å². The Labute approximate surface area is 69.8 Å². The standard InChI is InChI=1S/C9H10FNO/c10-8-5-6(12)1-2-7(8)9(11)3-4-9/h1-2,5,12H,3-4,11H2. The van der Waals surface area contributed by atoms with Crippen molar-refractivity contribution in [2.24, 2.45) is 5.73 Å². The van der Waals surface area contributed by atoms with Crippen molar-refractivity contribution in [3.63, 3.8) is 0 Å². The Balaban J connectivity index is 2.45. The van der Waals surface area contributed by atoms with Crippen LogP contribution in [-0.2, 0) is 5.54 Å². The van der Waals surface area contributed by atoms with E-state index in [0.29, 0.717) is 5.56 Å². The Morgan fingerprint density at radius 3 is 2.58 bits per heavy atom. The zero-order valence-corrected chi connectivity index (χ0v) is 6.55. The Morgan fingerprint density at radius 2 is 2.08 bits per heavy atom. The van der Waals surface area contributed by atoms with Crippen LogP contribution in [0.25, 0.3) is 0 Å². The van der Waals surface area contributed by atoms with Gasteiger partial charge in [-0.15, -0.1) is 0 Å². The molecule has 0 aliphatic heterocycles. The highest BCUT2D eigenvalue weighted by atomic mass is 19.1. The number of halogens is 1. The van der Waals surface area contributed by atoms with Crippen molar-refractivity contribution < 1.29 is 9.50 Å². The molecule has 64 valence electrons. The van der Waals surface area contributed by atoms with Crippen molar-refractivity contribution in [3.8, 4) is 5.75 Å². The second-order valence-electron chi connectivity index (χ2n) is 3.32. The van der Waals surface area contributed by atoms with Crippen molar-refractivity contribution in [1.29, 1.82) is 0 Å². The normalized spacial score (nSPS) is 19.2. The predicted molar refractivity (Wildman–Crippen MR) is 43.2 cm³/mol. The average Bonchev–Trinajstić information content (AvgIpc) is 2.68. The number of phenols is 1. The van der Waals surface area contributed by atoms with Gasteiger partial charge in [0.1, 0.15) is 11.6 Å². The summed E-state index contributed by atoms with van der Waals surface area (Å²) in [7, 11) is 0. The fraction of sp³-hybridized carbons (Fsp3) is 0.333. The van der Waals surface area contributed by atoms with E-state index in [1.165, 1.54) is 6.07 Å². The van der Waals surface area contributed by atoms with Gasteiger partial charge >= 0.3 is 0 Å². The van der Waals surface area contributed by atoms with Crippen LogP contribution < -0.4 is 5.73 Å². The maximum Gasteiger partial charge on any atom is 0.131 e. The second-order valence-corrected chi connectivity index (χ2v) is 3.32. The molecule has 1 aromatic carbocycles. The minimum Gasteiger partial charge on any atom is -0.508 e. The number of benzene rings is 1. The molecular weight excluding hydrogens is 157 g/mol. The maximum absolute atomic E-state index is 13.1. The van der Waals surface area contributed by atoms with Crippen LogP contribution in [-0.4, -0.2) is 5.11 Å². The largest absolute Gasteiger partial charge is 0.508 e. The third-order valence-corrected chi connectivity index (χ3v) is 2.28. The number of hydrogen-bond donors (Lipinski definition) is 2. The van der Waals surface area contributed by atoms with Gasteiger partial charge < -0.3 is 10.8 Å². The van der Waals surface area contributed by atoms with Gasteiger partial charge in [-0.2, -0.15) is 0 Å². The highest BCUT2D eigenvalue weighted by molar-refractivity contribution is 5.35. The molecule has 2 rings (SSSR count). The lowest BCUT2D eigenvalue weighted by atomic mass is 10.1. The summed E-state index contributed by atoms with van der Waals surface area (Å²) in [5.41, 5.74) is 5.85. The molecule has 0 unspecified atom stereocenters. The van der Waals surface area contributed by atoms with E-state index < -0.39 is 11.4 Å². The first-order valence-corrected chi connectivity index (χ1v) is 3.90. The van der Waals surface area contributed by atoms with Crippen LogP contribution >= 0.6 is 0 Å². The number of rotatable bonds is 1. The topological polar surface area (TPSA) is 46.2 Å². The van der Waals surface area contributed by atoms with Crippen LogP contribution in [0.1, 0.15) is 18.4 Å². The summed E-state index contributed by atoms with van der Waals surface area (Å²) in [6.45, 7) is 0. The molecule has 1 fully saturated rings. The summed E-state index contributed by atoms with van der Waals surface area (Å²) < 4.78 is 13.1. The molecule has 3 heteroatoms. The van der Waals surface area contributed by atoms with Gasteiger partial charge in [0.25, 0.3) is 0 Å². The summed E-state index contributed by atoms with van der Waals surface area (Å²) in [6.07, 6.45) is 1.66. The molecule has 12 heavy (non-hydrogen) atoms. The minimum absolute atomic E-state index is 0.0551. The van der Waals surface area contributed by atoms with E-state index in [2.05, 4.69) is 0 Å². The van der Waals surface area contributed by atoms with Crippen LogP contribution in [0.4, 0.5) is 4.39 Å². The quantitative estimate of drug-likeness (QED) is 0.665. The molecule has 0 saturated heterocycles. The lowest BCUT2D eigenvalue weighted by molar-refractivity contribution is 0.466. The molecule has 2 nitrogen and oxygen atoms in total. The zero-order valence-electron chi connectivity index (χ0n) is 6.55. The molecule has 0 amide bonds. The Hall–Kier alpha value is -1.09. The first kappa shape index (κ1) is 7.55. The van der Waals surface area contributed by atoms with Crippen LogP contribution in [0, 0.1) is 5.82 Å². The zero-order chi connectivity index (χ0) is 8.77. The van der Waals surface area contributed by atoms with Gasteiger partial charge in [-0.3, -0.25) is 0 Å². The van der Waals surface area contributed by atoms with Gasteiger partial charge in [-0.25, -0.2) is 4.39 Å². The Kier molecular flexibility index (Phi) is 1.38. The van der Waals surface area contributed by atoms with Crippen molar-refractivity contribution in [2.75, 3.05) is 0 Å². The van der Waals surface area contributed by atoms with Crippen LogP contribution in [0.15, 0.2) is 18.2 Å². The molecule has 0 radical (unpaired) electrons. The highest BCUT2D eigenvalue weighted by Crippen LogP contribution is 2.44. The van der Waals surface area contributed by atoms with Crippen molar-refractivity contribution >= 4 is 0 Å². The lowest BCUT2D eigenvalue weighted by Gasteiger charge is -2.09. The first-order chi connectivity index (χ1) is 5.62. The Bertz CT molecular complexity index is 320. The lowest BCUT2D eigenvalue weighted by Crippen LogP contribution is -2.20. The van der Waals surface area contributed by atoms with Crippen LogP contribution in [0.3, 0.4) is 0 Å². The molecule has 1 aromatic rings. The second kappa shape index (κ2) is 2.20. The molecule has 0 spiro atoms. The third-order valence-electron chi connectivity index (χ3n) is 2.28. The summed E-state index contributed by atoms with van der Waals surface area (Å²) >= 11 is 0. The smallest absolute Gasteiger partial charge is 0.131 e. The molecule has 1 aliphatic rings. The van der Waals surface area contributed by atoms with Crippen LogP contribution in [0.5, 0.6) is 5.75 Å². The van der Waals surface area contributed by atoms with E-state index in [4.69, 9.17) is 10.8 Å². The van der Waals surface area contributed by atoms with E-state index in [9.17, 15) is 4.39 Å². The fourth-order valence-electron chi connectivity index (χ4n) is 1.31. The SMILES string of the molecule is NC1(c2ccc(O)cc2F)CC1. The van der Waals surface area contributed by atoms with Crippen LogP contribution in [0.2, 0.25) is 0 Å². The van der Waals surface area contributed by atoms with E-state index in [1.54, 1.807) is 6.07 Å². The number of phenolic OH excluding ortho intramolecular Hbond substituents is 1. The highest BCUT2D eigenvalue weighted by Gasteiger charge is 2.41. The van der Waals surface area contributed by atoms with E-state index in [1.807, 2.05) is 0 Å². The molecule has 0 heterocycles. The van der Waals surface area contributed by atoms with Gasteiger partial charge in [0, 0.05) is 17.2 Å². The summed E-state index contributed by atoms with van der Waals surface area (Å²) in [5.74, 6) is -0.463. The van der Waals surface area contributed by atoms with Gasteiger partial charge in [-0.05, 0) is 18.9 Å². The van der Waals surface area contributed by atoms with Gasteiger partial charge in [0.05, 0.1) is 0 Å². The molecule has 3 N–H and O–H groups in total. The molecular formula is C9H10FNO. The van der Waals surface area contributed by atoms with Crippen molar-refractivity contribution in [2.45, 2.75) is 18.4 Å². The summed E-state index contributed by atoms with van der Waals surface area (Å²) in [5, 5.41) is 8.94. The van der Waals surface area contributed by atoms with Gasteiger partial charge in [0.15, 0.2) is 0 Å². The van der Waals surface area contributed by atoms with E-state index in [0.717, 1.165) is 18.9 Å². The third kappa shape index (κ3) is 1.06. The summed E-state index contributed by atoms with van der Waals surface area (Å²) in [6, 6.07) is 4.12. The van der Waals surface area contributed by atoms with Crippen molar-refractivity contribution in [1.82, 2.24) is 0 Å². The monoisotopic (exact) mass is 167 g/mol. The summed E-state index contributed by atoms with van der Waals surface area (Å²) in [4.78, 5) is 0. The minimum atomic E-state index is -0.461. The van der Waals surface area contributed by atoms with E-state index >= 15 is 0 Å². The molecule has 1 aliphatic carbocycles. The number of aromatic hydroxyl groups is 1. The molecule has 0 bridgehead atoms. The molecule has 0 aromatic heterocycles. The fourth-order valence-corrected chi connectivity index (χ4v) is 1.31. The van der Waals surface area contributed by atoms with Gasteiger partial charge in [0.2, 0.25) is 0 Å². The Morgan fingerprint density at radius 1 is 1.42 bits per heavy atom. The van der Waals surface area contributed by atoms with Gasteiger partial charge in [-0.1, -0.05) is 6.07 Å². The maximum atomic E-state index is 13.1. The average molecular weight is 167 g/mol. The van der Waals surface area contributed by atoms with Crippen molar-refractivity contribution in [3.05, 3.63) is 29.6 Å². The predicted octanol–water partition coefficient (Wildman–Crippen LogP) is 1.48. The number of hydrogen-bond acceptors (Lipinski definition) is 2.